The average Bonchev–Trinajstić information content (AvgIpc) is 2.14. The normalized spacial score (nSPS) is 11.2. The molecule has 0 saturated carbocycles. The van der Waals surface area contributed by atoms with Crippen LogP contribution in [0.2, 0.25) is 0 Å². The van der Waals surface area contributed by atoms with Crippen LogP contribution in [0.15, 0.2) is 16.7 Å². The van der Waals surface area contributed by atoms with E-state index in [9.17, 15) is 23.3 Å². The summed E-state index contributed by atoms with van der Waals surface area (Å²) in [6.45, 7) is -1.62. The SMILES string of the molecule is O=[N+]([O-])c1cc(Br)cnc1OCC(F)(F)F. The molecule has 16 heavy (non-hydrogen) atoms. The van der Waals surface area contributed by atoms with Gasteiger partial charge in [-0.2, -0.15) is 13.2 Å². The molecule has 1 aromatic heterocycles. The molecule has 0 N–H and O–H groups in total. The van der Waals surface area contributed by atoms with E-state index in [-0.39, 0.29) is 4.47 Å². The molecule has 9 heteroatoms. The van der Waals surface area contributed by atoms with Crippen molar-refractivity contribution in [3.63, 3.8) is 0 Å². The second-order valence-corrected chi connectivity index (χ2v) is 3.55. The number of hydrogen-bond acceptors (Lipinski definition) is 4. The topological polar surface area (TPSA) is 65.3 Å². The van der Waals surface area contributed by atoms with Crippen LogP contribution >= 0.6 is 15.9 Å². The molecule has 0 aliphatic carbocycles. The van der Waals surface area contributed by atoms with E-state index >= 15 is 0 Å². The number of pyridine rings is 1. The van der Waals surface area contributed by atoms with E-state index in [4.69, 9.17) is 0 Å². The summed E-state index contributed by atoms with van der Waals surface area (Å²) in [6.07, 6.45) is -3.46. The molecule has 5 nitrogen and oxygen atoms in total. The molecule has 0 bridgehead atoms. The summed E-state index contributed by atoms with van der Waals surface area (Å²) in [4.78, 5) is 13.0. The number of nitrogens with zero attached hydrogens (tertiary/aromatic N) is 2. The third-order valence-corrected chi connectivity index (χ3v) is 1.80. The Kier molecular flexibility index (Phi) is 3.68. The molecule has 0 aliphatic rings. The van der Waals surface area contributed by atoms with E-state index in [1.807, 2.05) is 0 Å². The monoisotopic (exact) mass is 300 g/mol. The van der Waals surface area contributed by atoms with E-state index in [0.29, 0.717) is 0 Å². The van der Waals surface area contributed by atoms with Crippen LogP contribution in [0.5, 0.6) is 5.88 Å². The first kappa shape index (κ1) is 12.7. The van der Waals surface area contributed by atoms with Gasteiger partial charge in [-0.1, -0.05) is 0 Å². The smallest absolute Gasteiger partial charge is 0.422 e. The molecule has 1 rings (SSSR count). The fourth-order valence-electron chi connectivity index (χ4n) is 0.808. The largest absolute Gasteiger partial charge is 0.463 e. The Bertz CT molecular complexity index is 410. The molecule has 0 amide bonds. The quantitative estimate of drug-likeness (QED) is 0.636. The van der Waals surface area contributed by atoms with Crippen molar-refractivity contribution in [2.75, 3.05) is 6.61 Å². The highest BCUT2D eigenvalue weighted by atomic mass is 79.9. The van der Waals surface area contributed by atoms with Crippen molar-refractivity contribution in [3.05, 3.63) is 26.9 Å². The third-order valence-electron chi connectivity index (χ3n) is 1.37. The van der Waals surface area contributed by atoms with Crippen LogP contribution in [0.4, 0.5) is 18.9 Å². The summed E-state index contributed by atoms with van der Waals surface area (Å²) in [6, 6.07) is 1.01. The predicted octanol–water partition coefficient (Wildman–Crippen LogP) is 2.69. The first-order chi connectivity index (χ1) is 7.29. The Morgan fingerprint density at radius 1 is 1.56 bits per heavy atom. The van der Waals surface area contributed by atoms with E-state index in [0.717, 1.165) is 12.3 Å². The van der Waals surface area contributed by atoms with Gasteiger partial charge in [0.15, 0.2) is 6.61 Å². The van der Waals surface area contributed by atoms with Crippen molar-refractivity contribution in [2.24, 2.45) is 0 Å². The van der Waals surface area contributed by atoms with Gasteiger partial charge >= 0.3 is 11.9 Å². The zero-order valence-electron chi connectivity index (χ0n) is 7.49. The summed E-state index contributed by atoms with van der Waals surface area (Å²) in [5.74, 6) is -0.662. The van der Waals surface area contributed by atoms with Crippen molar-refractivity contribution in [1.82, 2.24) is 4.98 Å². The Morgan fingerprint density at radius 3 is 2.69 bits per heavy atom. The summed E-state index contributed by atoms with van der Waals surface area (Å²) in [5, 5.41) is 10.5. The first-order valence-corrected chi connectivity index (χ1v) is 4.58. The molecule has 88 valence electrons. The lowest BCUT2D eigenvalue weighted by atomic mass is 10.4. The van der Waals surface area contributed by atoms with Crippen LogP contribution in [0.1, 0.15) is 0 Å². The van der Waals surface area contributed by atoms with Gasteiger partial charge in [-0.05, 0) is 15.9 Å². The molecule has 1 aromatic rings. The molecule has 0 spiro atoms. The number of nitro groups is 1. The van der Waals surface area contributed by atoms with E-state index < -0.39 is 29.3 Å². The molecule has 0 aliphatic heterocycles. The predicted molar refractivity (Wildman–Crippen MR) is 50.1 cm³/mol. The number of ether oxygens (including phenoxy) is 1. The third kappa shape index (κ3) is 3.65. The maximum absolute atomic E-state index is 11.8. The molecule has 0 aromatic carbocycles. The fraction of sp³-hybridized carbons (Fsp3) is 0.286. The van der Waals surface area contributed by atoms with E-state index in [1.54, 1.807) is 0 Å². The number of aromatic nitrogens is 1. The maximum Gasteiger partial charge on any atom is 0.422 e. The summed E-state index contributed by atoms with van der Waals surface area (Å²) < 4.78 is 40.0. The number of hydrogen-bond donors (Lipinski definition) is 0. The minimum atomic E-state index is -4.57. The highest BCUT2D eigenvalue weighted by molar-refractivity contribution is 9.10. The summed E-state index contributed by atoms with van der Waals surface area (Å²) in [7, 11) is 0. The van der Waals surface area contributed by atoms with Crippen LogP contribution in [-0.2, 0) is 0 Å². The highest BCUT2D eigenvalue weighted by Crippen LogP contribution is 2.28. The average molecular weight is 301 g/mol. The minimum Gasteiger partial charge on any atom is -0.463 e. The van der Waals surface area contributed by atoms with Crippen LogP contribution in [0.3, 0.4) is 0 Å². The Labute approximate surface area is 95.5 Å². The van der Waals surface area contributed by atoms with E-state index in [1.165, 1.54) is 0 Å². The summed E-state index contributed by atoms with van der Waals surface area (Å²) in [5.41, 5.74) is -0.626. The van der Waals surface area contributed by atoms with Gasteiger partial charge < -0.3 is 4.74 Å². The van der Waals surface area contributed by atoms with Gasteiger partial charge in [0, 0.05) is 16.7 Å². The molecular weight excluding hydrogens is 297 g/mol. The van der Waals surface area contributed by atoms with Gasteiger partial charge in [-0.15, -0.1) is 0 Å². The lowest BCUT2D eigenvalue weighted by molar-refractivity contribution is -0.386. The maximum atomic E-state index is 11.8. The van der Waals surface area contributed by atoms with Crippen LogP contribution in [0.25, 0.3) is 0 Å². The molecular formula is C7H4BrF3N2O3. The van der Waals surface area contributed by atoms with Gasteiger partial charge in [-0.3, -0.25) is 10.1 Å². The van der Waals surface area contributed by atoms with Crippen LogP contribution in [0, 0.1) is 10.1 Å². The molecule has 0 unspecified atom stereocenters. The molecule has 0 saturated heterocycles. The number of alkyl halides is 3. The minimum absolute atomic E-state index is 0.276. The summed E-state index contributed by atoms with van der Waals surface area (Å²) >= 11 is 2.91. The second-order valence-electron chi connectivity index (χ2n) is 2.64. The molecule has 1 heterocycles. The van der Waals surface area contributed by atoms with Gasteiger partial charge in [0.25, 0.3) is 5.88 Å². The van der Waals surface area contributed by atoms with Crippen molar-refractivity contribution < 1.29 is 22.8 Å². The standard InChI is InChI=1S/C7H4BrF3N2O3/c8-4-1-5(13(14)15)6(12-2-4)16-3-7(9,10)11/h1-2H,3H2. The van der Waals surface area contributed by atoms with Crippen LogP contribution < -0.4 is 4.74 Å². The molecule has 0 radical (unpaired) electrons. The second kappa shape index (κ2) is 4.64. The number of halogens is 4. The zero-order chi connectivity index (χ0) is 12.3. The van der Waals surface area contributed by atoms with Crippen LogP contribution in [-0.4, -0.2) is 22.7 Å². The van der Waals surface area contributed by atoms with Crippen molar-refractivity contribution >= 4 is 21.6 Å². The van der Waals surface area contributed by atoms with Crippen molar-refractivity contribution in [3.8, 4) is 5.88 Å². The Hall–Kier alpha value is -1.38. The Morgan fingerprint density at radius 2 is 2.19 bits per heavy atom. The van der Waals surface area contributed by atoms with Crippen molar-refractivity contribution in [2.45, 2.75) is 6.18 Å². The lowest BCUT2D eigenvalue weighted by Crippen LogP contribution is -2.20. The van der Waals surface area contributed by atoms with Gasteiger partial charge in [0.2, 0.25) is 0 Å². The Balaban J connectivity index is 2.91. The molecule has 0 atom stereocenters. The van der Waals surface area contributed by atoms with Gasteiger partial charge in [0.05, 0.1) is 4.92 Å². The zero-order valence-corrected chi connectivity index (χ0v) is 9.08. The van der Waals surface area contributed by atoms with Crippen molar-refractivity contribution in [1.29, 1.82) is 0 Å². The lowest BCUT2D eigenvalue weighted by Gasteiger charge is -2.08. The number of rotatable bonds is 3. The highest BCUT2D eigenvalue weighted by Gasteiger charge is 2.30. The van der Waals surface area contributed by atoms with Gasteiger partial charge in [0.1, 0.15) is 0 Å². The first-order valence-electron chi connectivity index (χ1n) is 3.79. The molecule has 0 fully saturated rings. The van der Waals surface area contributed by atoms with E-state index in [2.05, 4.69) is 25.7 Å². The fourth-order valence-corrected chi connectivity index (χ4v) is 1.13. The van der Waals surface area contributed by atoms with Gasteiger partial charge in [-0.25, -0.2) is 4.98 Å².